The maximum atomic E-state index is 5.78. The Hall–Kier alpha value is -1.36. The number of rotatable bonds is 5. The first-order valence-corrected chi connectivity index (χ1v) is 8.19. The second-order valence-corrected chi connectivity index (χ2v) is 6.02. The Balaban J connectivity index is 0.00000192. The lowest BCUT2D eigenvalue weighted by Crippen LogP contribution is -2.47. The Bertz CT molecular complexity index is 569. The molecule has 0 spiro atoms. The van der Waals surface area contributed by atoms with Crippen LogP contribution >= 0.6 is 24.0 Å². The van der Waals surface area contributed by atoms with Crippen LogP contribution < -0.4 is 4.90 Å². The van der Waals surface area contributed by atoms with Gasteiger partial charge in [0, 0.05) is 26.2 Å². The highest BCUT2D eigenvalue weighted by Gasteiger charge is 2.17. The summed E-state index contributed by atoms with van der Waals surface area (Å²) in [6, 6.07) is 14.5. The molecule has 6 heteroatoms. The van der Waals surface area contributed by atoms with E-state index in [9.17, 15) is 0 Å². The zero-order valence-corrected chi connectivity index (χ0v) is 14.6. The Labute approximate surface area is 148 Å². The standard InChI is InChI=1S/C17H21ClN4.ClH/c18-16-8-9-17(20-19-16)22-13-11-21(12-14-22)10-4-7-15-5-2-1-3-6-15;/h1-3,5-6,8-9H,4,7,10-14H2;1H. The van der Waals surface area contributed by atoms with Gasteiger partial charge in [0.2, 0.25) is 0 Å². The fourth-order valence-corrected chi connectivity index (χ4v) is 2.93. The van der Waals surface area contributed by atoms with E-state index in [-0.39, 0.29) is 12.4 Å². The Morgan fingerprint density at radius 3 is 2.30 bits per heavy atom. The summed E-state index contributed by atoms with van der Waals surface area (Å²) in [5, 5.41) is 8.52. The maximum absolute atomic E-state index is 5.78. The molecule has 1 saturated heterocycles. The van der Waals surface area contributed by atoms with Crippen molar-refractivity contribution in [1.82, 2.24) is 15.1 Å². The van der Waals surface area contributed by atoms with Crippen LogP contribution in [0.15, 0.2) is 42.5 Å². The lowest BCUT2D eigenvalue weighted by atomic mass is 10.1. The number of aryl methyl sites for hydroxylation is 1. The lowest BCUT2D eigenvalue weighted by Gasteiger charge is -2.35. The first kappa shape index (κ1) is 18.0. The number of nitrogens with zero attached hydrogens (tertiary/aromatic N) is 4. The highest BCUT2D eigenvalue weighted by molar-refractivity contribution is 6.29. The molecule has 3 rings (SSSR count). The van der Waals surface area contributed by atoms with Crippen molar-refractivity contribution in [2.75, 3.05) is 37.6 Å². The van der Waals surface area contributed by atoms with Crippen LogP contribution in [0.1, 0.15) is 12.0 Å². The first-order valence-electron chi connectivity index (χ1n) is 7.82. The number of hydrogen-bond acceptors (Lipinski definition) is 4. The van der Waals surface area contributed by atoms with Gasteiger partial charge < -0.3 is 4.90 Å². The third kappa shape index (κ3) is 5.34. The van der Waals surface area contributed by atoms with Gasteiger partial charge >= 0.3 is 0 Å². The SMILES string of the molecule is Cl.Clc1ccc(N2CCN(CCCc3ccccc3)CC2)nn1. The van der Waals surface area contributed by atoms with Crippen molar-refractivity contribution in [3.05, 3.63) is 53.2 Å². The smallest absolute Gasteiger partial charge is 0.151 e. The van der Waals surface area contributed by atoms with Gasteiger partial charge in [-0.2, -0.15) is 0 Å². The monoisotopic (exact) mass is 352 g/mol. The van der Waals surface area contributed by atoms with Crippen molar-refractivity contribution in [2.45, 2.75) is 12.8 Å². The molecule has 0 saturated carbocycles. The zero-order valence-electron chi connectivity index (χ0n) is 13.1. The summed E-state index contributed by atoms with van der Waals surface area (Å²) in [7, 11) is 0. The summed E-state index contributed by atoms with van der Waals surface area (Å²) in [5.74, 6) is 0.924. The predicted octanol–water partition coefficient (Wildman–Crippen LogP) is 3.31. The summed E-state index contributed by atoms with van der Waals surface area (Å²) < 4.78 is 0. The number of anilines is 1. The lowest BCUT2D eigenvalue weighted by molar-refractivity contribution is 0.254. The molecule has 2 heterocycles. The van der Waals surface area contributed by atoms with E-state index in [4.69, 9.17) is 11.6 Å². The molecule has 4 nitrogen and oxygen atoms in total. The van der Waals surface area contributed by atoms with E-state index < -0.39 is 0 Å². The van der Waals surface area contributed by atoms with Crippen LogP contribution in [-0.4, -0.2) is 47.8 Å². The average molecular weight is 353 g/mol. The molecular formula is C17H22Cl2N4. The van der Waals surface area contributed by atoms with Crippen LogP contribution in [0.2, 0.25) is 5.15 Å². The molecule has 1 aromatic carbocycles. The highest BCUT2D eigenvalue weighted by Crippen LogP contribution is 2.14. The van der Waals surface area contributed by atoms with Gasteiger partial charge in [-0.05, 0) is 37.1 Å². The highest BCUT2D eigenvalue weighted by atomic mass is 35.5. The molecule has 0 aliphatic carbocycles. The minimum absolute atomic E-state index is 0. The fourth-order valence-electron chi connectivity index (χ4n) is 2.83. The molecule has 0 radical (unpaired) electrons. The summed E-state index contributed by atoms with van der Waals surface area (Å²) in [6.07, 6.45) is 2.37. The third-order valence-corrected chi connectivity index (χ3v) is 4.30. The minimum atomic E-state index is 0. The van der Waals surface area contributed by atoms with Crippen molar-refractivity contribution in [1.29, 1.82) is 0 Å². The fraction of sp³-hybridized carbons (Fsp3) is 0.412. The molecule has 23 heavy (non-hydrogen) atoms. The Morgan fingerprint density at radius 1 is 0.913 bits per heavy atom. The first-order chi connectivity index (χ1) is 10.8. The molecule has 1 aromatic heterocycles. The topological polar surface area (TPSA) is 32.3 Å². The van der Waals surface area contributed by atoms with E-state index in [1.807, 2.05) is 6.07 Å². The maximum Gasteiger partial charge on any atom is 0.151 e. The van der Waals surface area contributed by atoms with E-state index in [2.05, 4.69) is 50.3 Å². The molecule has 124 valence electrons. The Kier molecular flexibility index (Phi) is 7.09. The van der Waals surface area contributed by atoms with Crippen molar-refractivity contribution >= 4 is 29.8 Å². The van der Waals surface area contributed by atoms with Crippen molar-refractivity contribution in [3.8, 4) is 0 Å². The van der Waals surface area contributed by atoms with Crippen LogP contribution in [0.25, 0.3) is 0 Å². The van der Waals surface area contributed by atoms with Crippen LogP contribution in [0.4, 0.5) is 5.82 Å². The van der Waals surface area contributed by atoms with Gasteiger partial charge in [-0.1, -0.05) is 41.9 Å². The van der Waals surface area contributed by atoms with E-state index in [1.54, 1.807) is 6.07 Å². The van der Waals surface area contributed by atoms with Crippen molar-refractivity contribution in [2.24, 2.45) is 0 Å². The molecule has 0 unspecified atom stereocenters. The minimum Gasteiger partial charge on any atom is -0.353 e. The molecule has 0 atom stereocenters. The van der Waals surface area contributed by atoms with Gasteiger partial charge in [-0.15, -0.1) is 22.6 Å². The van der Waals surface area contributed by atoms with Crippen LogP contribution in [0.3, 0.4) is 0 Å². The summed E-state index contributed by atoms with van der Waals surface area (Å²) in [5.41, 5.74) is 1.43. The number of piperazine rings is 1. The number of benzene rings is 1. The Morgan fingerprint density at radius 2 is 1.65 bits per heavy atom. The summed E-state index contributed by atoms with van der Waals surface area (Å²) >= 11 is 5.78. The second-order valence-electron chi connectivity index (χ2n) is 5.63. The zero-order chi connectivity index (χ0) is 15.2. The van der Waals surface area contributed by atoms with Gasteiger partial charge in [-0.3, -0.25) is 4.90 Å². The number of halogens is 2. The van der Waals surface area contributed by atoms with Gasteiger partial charge in [0.15, 0.2) is 11.0 Å². The predicted molar refractivity (Wildman–Crippen MR) is 97.7 cm³/mol. The number of aromatic nitrogens is 2. The molecule has 1 aliphatic heterocycles. The van der Waals surface area contributed by atoms with Crippen molar-refractivity contribution < 1.29 is 0 Å². The van der Waals surface area contributed by atoms with Gasteiger partial charge in [0.1, 0.15) is 0 Å². The van der Waals surface area contributed by atoms with E-state index in [1.165, 1.54) is 12.0 Å². The molecule has 0 bridgehead atoms. The van der Waals surface area contributed by atoms with Gasteiger partial charge in [-0.25, -0.2) is 0 Å². The molecule has 0 N–H and O–H groups in total. The van der Waals surface area contributed by atoms with Crippen LogP contribution in [0, 0.1) is 0 Å². The molecule has 0 amide bonds. The van der Waals surface area contributed by atoms with E-state index in [0.29, 0.717) is 5.15 Å². The second kappa shape index (κ2) is 9.06. The summed E-state index contributed by atoms with van der Waals surface area (Å²) in [6.45, 7) is 5.33. The summed E-state index contributed by atoms with van der Waals surface area (Å²) in [4.78, 5) is 4.81. The van der Waals surface area contributed by atoms with Crippen molar-refractivity contribution in [3.63, 3.8) is 0 Å². The molecule has 1 fully saturated rings. The quantitative estimate of drug-likeness (QED) is 0.826. The van der Waals surface area contributed by atoms with Gasteiger partial charge in [0.25, 0.3) is 0 Å². The van der Waals surface area contributed by atoms with E-state index >= 15 is 0 Å². The van der Waals surface area contributed by atoms with Gasteiger partial charge in [0.05, 0.1) is 0 Å². The van der Waals surface area contributed by atoms with Crippen LogP contribution in [-0.2, 0) is 6.42 Å². The number of hydrogen-bond donors (Lipinski definition) is 0. The average Bonchev–Trinajstić information content (AvgIpc) is 2.57. The van der Waals surface area contributed by atoms with E-state index in [0.717, 1.165) is 45.0 Å². The third-order valence-electron chi connectivity index (χ3n) is 4.10. The molecule has 2 aromatic rings. The molecule has 1 aliphatic rings. The largest absolute Gasteiger partial charge is 0.353 e. The molecular weight excluding hydrogens is 331 g/mol. The normalized spacial score (nSPS) is 15.3. The van der Waals surface area contributed by atoms with Crippen LogP contribution in [0.5, 0.6) is 0 Å².